The van der Waals surface area contributed by atoms with Crippen molar-refractivity contribution in [3.8, 4) is 17.2 Å². The Balaban J connectivity index is 1.82. The van der Waals surface area contributed by atoms with E-state index < -0.39 is 10.0 Å². The van der Waals surface area contributed by atoms with Gasteiger partial charge in [0, 0.05) is 38.3 Å². The second kappa shape index (κ2) is 9.11. The second-order valence-electron chi connectivity index (χ2n) is 6.43. The predicted molar refractivity (Wildman–Crippen MR) is 113 cm³/mol. The highest BCUT2D eigenvalue weighted by molar-refractivity contribution is 7.89. The van der Waals surface area contributed by atoms with Crippen molar-refractivity contribution >= 4 is 27.3 Å². The van der Waals surface area contributed by atoms with Crippen LogP contribution in [0, 0.1) is 0 Å². The summed E-state index contributed by atoms with van der Waals surface area (Å²) in [5.74, 6) is 1.28. The largest absolute Gasteiger partial charge is 0.495 e. The van der Waals surface area contributed by atoms with Gasteiger partial charge in [0.15, 0.2) is 0 Å². The number of hydrogen-bond donors (Lipinski definition) is 0. The van der Waals surface area contributed by atoms with E-state index in [2.05, 4.69) is 4.90 Å². The lowest BCUT2D eigenvalue weighted by atomic mass is 10.2. The molecule has 0 saturated carbocycles. The molecule has 0 bridgehead atoms. The normalized spacial score (nSPS) is 15.2. The predicted octanol–water partition coefficient (Wildman–Crippen LogP) is 3.27. The summed E-state index contributed by atoms with van der Waals surface area (Å²) in [6.45, 7) is 4.30. The van der Waals surface area contributed by atoms with Gasteiger partial charge in [-0.25, -0.2) is 8.42 Å². The first-order chi connectivity index (χ1) is 13.9. The summed E-state index contributed by atoms with van der Waals surface area (Å²) >= 11 is 6.11. The molecule has 2 aromatic rings. The lowest BCUT2D eigenvalue weighted by molar-refractivity contribution is 0.336. The molecule has 3 rings (SSSR count). The summed E-state index contributed by atoms with van der Waals surface area (Å²) in [5, 5.41) is 0.292. The molecule has 0 N–H and O–H groups in total. The van der Waals surface area contributed by atoms with Crippen LogP contribution in [0.5, 0.6) is 17.2 Å². The van der Waals surface area contributed by atoms with E-state index in [1.54, 1.807) is 0 Å². The van der Waals surface area contributed by atoms with E-state index in [0.717, 1.165) is 11.4 Å². The molecule has 2 aromatic carbocycles. The summed E-state index contributed by atoms with van der Waals surface area (Å²) in [6, 6.07) is 10.7. The van der Waals surface area contributed by atoms with E-state index in [-0.39, 0.29) is 16.4 Å². The van der Waals surface area contributed by atoms with Crippen molar-refractivity contribution in [2.45, 2.75) is 11.8 Å². The quantitative estimate of drug-likeness (QED) is 0.658. The number of anilines is 1. The molecule has 1 aliphatic rings. The van der Waals surface area contributed by atoms with E-state index in [9.17, 15) is 8.42 Å². The minimum Gasteiger partial charge on any atom is -0.495 e. The van der Waals surface area contributed by atoms with E-state index in [1.807, 2.05) is 31.2 Å². The van der Waals surface area contributed by atoms with Gasteiger partial charge >= 0.3 is 0 Å². The molecule has 0 atom stereocenters. The van der Waals surface area contributed by atoms with Crippen molar-refractivity contribution in [1.29, 1.82) is 0 Å². The zero-order chi connectivity index (χ0) is 21.0. The number of piperazine rings is 1. The van der Waals surface area contributed by atoms with E-state index in [4.69, 9.17) is 25.8 Å². The first-order valence-electron chi connectivity index (χ1n) is 9.30. The van der Waals surface area contributed by atoms with Gasteiger partial charge < -0.3 is 19.1 Å². The van der Waals surface area contributed by atoms with Gasteiger partial charge in [0.2, 0.25) is 10.0 Å². The molecule has 1 heterocycles. The van der Waals surface area contributed by atoms with Crippen molar-refractivity contribution in [2.24, 2.45) is 0 Å². The summed E-state index contributed by atoms with van der Waals surface area (Å²) in [7, 11) is -0.909. The van der Waals surface area contributed by atoms with E-state index in [0.29, 0.717) is 37.8 Å². The smallest absolute Gasteiger partial charge is 0.247 e. The van der Waals surface area contributed by atoms with Crippen LogP contribution >= 0.6 is 11.6 Å². The number of benzene rings is 2. The number of ether oxygens (including phenoxy) is 3. The van der Waals surface area contributed by atoms with Crippen LogP contribution in [0.25, 0.3) is 0 Å². The Morgan fingerprint density at radius 2 is 1.62 bits per heavy atom. The van der Waals surface area contributed by atoms with Gasteiger partial charge in [-0.05, 0) is 19.1 Å². The molecule has 0 aromatic heterocycles. The second-order valence-corrected chi connectivity index (χ2v) is 8.74. The lowest BCUT2D eigenvalue weighted by Gasteiger charge is -2.36. The summed E-state index contributed by atoms with van der Waals surface area (Å²) < 4.78 is 44.1. The molecule has 29 heavy (non-hydrogen) atoms. The van der Waals surface area contributed by atoms with Crippen molar-refractivity contribution in [3.63, 3.8) is 0 Å². The fraction of sp³-hybridized carbons (Fsp3) is 0.400. The van der Waals surface area contributed by atoms with E-state index >= 15 is 0 Å². The summed E-state index contributed by atoms with van der Waals surface area (Å²) in [6.07, 6.45) is 0. The highest BCUT2D eigenvalue weighted by Gasteiger charge is 2.32. The average Bonchev–Trinajstić information content (AvgIpc) is 2.74. The fourth-order valence-electron chi connectivity index (χ4n) is 3.34. The zero-order valence-electron chi connectivity index (χ0n) is 16.7. The Hall–Kier alpha value is -2.16. The average molecular weight is 441 g/mol. The molecular weight excluding hydrogens is 416 g/mol. The van der Waals surface area contributed by atoms with Gasteiger partial charge in [-0.3, -0.25) is 0 Å². The number of rotatable bonds is 7. The molecule has 7 nitrogen and oxygen atoms in total. The Morgan fingerprint density at radius 3 is 2.24 bits per heavy atom. The molecule has 1 aliphatic heterocycles. The molecule has 0 aliphatic carbocycles. The molecular formula is C20H25ClN2O5S. The van der Waals surface area contributed by atoms with Crippen LogP contribution in [-0.4, -0.2) is 59.7 Å². The Morgan fingerprint density at radius 1 is 0.966 bits per heavy atom. The maximum absolute atomic E-state index is 13.3. The Labute approximate surface area is 176 Å². The van der Waals surface area contributed by atoms with Gasteiger partial charge in [0.05, 0.1) is 31.5 Å². The van der Waals surface area contributed by atoms with Crippen LogP contribution in [0.3, 0.4) is 0 Å². The topological polar surface area (TPSA) is 68.3 Å². The number of para-hydroxylation sites is 2. The molecule has 1 fully saturated rings. The van der Waals surface area contributed by atoms with Gasteiger partial charge in [0.25, 0.3) is 0 Å². The van der Waals surface area contributed by atoms with E-state index in [1.165, 1.54) is 30.7 Å². The van der Waals surface area contributed by atoms with Crippen LogP contribution < -0.4 is 19.1 Å². The van der Waals surface area contributed by atoms with Gasteiger partial charge in [-0.15, -0.1) is 0 Å². The van der Waals surface area contributed by atoms with Crippen LogP contribution in [0.1, 0.15) is 6.92 Å². The van der Waals surface area contributed by atoms with Crippen LogP contribution in [0.2, 0.25) is 5.02 Å². The highest BCUT2D eigenvalue weighted by atomic mass is 35.5. The lowest BCUT2D eigenvalue weighted by Crippen LogP contribution is -2.48. The summed E-state index contributed by atoms with van der Waals surface area (Å²) in [4.78, 5) is 2.18. The van der Waals surface area contributed by atoms with Crippen LogP contribution in [0.15, 0.2) is 41.3 Å². The molecule has 0 radical (unpaired) electrons. The number of sulfonamides is 1. The Kier molecular flexibility index (Phi) is 6.77. The molecule has 0 unspecified atom stereocenters. The third-order valence-corrected chi connectivity index (χ3v) is 7.02. The zero-order valence-corrected chi connectivity index (χ0v) is 18.3. The van der Waals surface area contributed by atoms with Crippen molar-refractivity contribution in [2.75, 3.05) is 51.9 Å². The molecule has 9 heteroatoms. The number of hydrogen-bond acceptors (Lipinski definition) is 6. The van der Waals surface area contributed by atoms with Gasteiger partial charge in [-0.2, -0.15) is 4.31 Å². The minimum atomic E-state index is -3.77. The summed E-state index contributed by atoms with van der Waals surface area (Å²) in [5.41, 5.74) is 0.970. The minimum absolute atomic E-state index is 0.0458. The number of halogens is 1. The maximum atomic E-state index is 13.3. The third kappa shape index (κ3) is 4.39. The van der Waals surface area contributed by atoms with Crippen LogP contribution in [0.4, 0.5) is 5.69 Å². The number of methoxy groups -OCH3 is 2. The highest BCUT2D eigenvalue weighted by Crippen LogP contribution is 2.37. The maximum Gasteiger partial charge on any atom is 0.247 e. The molecule has 0 amide bonds. The SMILES string of the molecule is CCOc1ccccc1N1CCN(S(=O)(=O)c2cc(OC)c(Cl)cc2OC)CC1. The van der Waals surface area contributed by atoms with Crippen molar-refractivity contribution in [3.05, 3.63) is 41.4 Å². The van der Waals surface area contributed by atoms with Gasteiger partial charge in [-0.1, -0.05) is 23.7 Å². The van der Waals surface area contributed by atoms with Gasteiger partial charge in [0.1, 0.15) is 22.1 Å². The standard InChI is InChI=1S/C20H25ClN2O5S/c1-4-28-17-8-6-5-7-16(17)22-9-11-23(12-10-22)29(24,25)20-14-18(26-2)15(21)13-19(20)27-3/h5-8,13-14H,4,9-12H2,1-3H3. The molecule has 158 valence electrons. The van der Waals surface area contributed by atoms with Crippen molar-refractivity contribution in [1.82, 2.24) is 4.31 Å². The number of nitrogens with zero attached hydrogens (tertiary/aromatic N) is 2. The Bertz CT molecular complexity index is 959. The monoisotopic (exact) mass is 440 g/mol. The first-order valence-corrected chi connectivity index (χ1v) is 11.1. The van der Waals surface area contributed by atoms with Crippen molar-refractivity contribution < 1.29 is 22.6 Å². The molecule has 1 saturated heterocycles. The fourth-order valence-corrected chi connectivity index (χ4v) is 5.14. The first kappa shape index (κ1) is 21.5. The third-order valence-electron chi connectivity index (χ3n) is 4.80. The molecule has 0 spiro atoms. The van der Waals surface area contributed by atoms with Crippen LogP contribution in [-0.2, 0) is 10.0 Å².